The first-order valence-electron chi connectivity index (χ1n) is 9.12. The van der Waals surface area contributed by atoms with E-state index in [1.807, 2.05) is 29.8 Å². The van der Waals surface area contributed by atoms with E-state index in [0.717, 1.165) is 46.0 Å². The van der Waals surface area contributed by atoms with Gasteiger partial charge in [-0.3, -0.25) is 0 Å². The lowest BCUT2D eigenvalue weighted by molar-refractivity contribution is 0.338. The van der Waals surface area contributed by atoms with E-state index in [4.69, 9.17) is 9.84 Å². The summed E-state index contributed by atoms with van der Waals surface area (Å²) in [4.78, 5) is 0. The summed E-state index contributed by atoms with van der Waals surface area (Å²) in [5, 5.41) is 8.60. The standard InChI is InChI=1S/C21H22BrN3O/c1-2-26-19-9-4-3-8-18(19)25-21-17(7-5-6-14-23-21)20(24-25)15-10-12-16(22)13-11-15/h3-4,8-13,23H,2,5-7,14H2,1H3. The first-order chi connectivity index (χ1) is 12.8. The van der Waals surface area contributed by atoms with Crippen LogP contribution in [0.15, 0.2) is 53.0 Å². The van der Waals surface area contributed by atoms with Crippen LogP contribution in [0.5, 0.6) is 5.75 Å². The normalized spacial score (nSPS) is 13.6. The Balaban J connectivity index is 1.89. The molecule has 2 heterocycles. The molecular weight excluding hydrogens is 390 g/mol. The van der Waals surface area contributed by atoms with E-state index in [0.29, 0.717) is 6.61 Å². The summed E-state index contributed by atoms with van der Waals surface area (Å²) in [6.07, 6.45) is 3.37. The number of nitrogens with zero attached hydrogens (tertiary/aromatic N) is 2. The van der Waals surface area contributed by atoms with E-state index >= 15 is 0 Å². The molecule has 1 N–H and O–H groups in total. The van der Waals surface area contributed by atoms with Gasteiger partial charge in [0.25, 0.3) is 0 Å². The highest BCUT2D eigenvalue weighted by atomic mass is 79.9. The monoisotopic (exact) mass is 411 g/mol. The zero-order chi connectivity index (χ0) is 17.9. The number of nitrogens with one attached hydrogen (secondary N) is 1. The smallest absolute Gasteiger partial charge is 0.145 e. The third kappa shape index (κ3) is 3.23. The number of halogens is 1. The summed E-state index contributed by atoms with van der Waals surface area (Å²) in [5.74, 6) is 1.95. The van der Waals surface area contributed by atoms with Crippen LogP contribution in [-0.2, 0) is 6.42 Å². The van der Waals surface area contributed by atoms with Crippen LogP contribution >= 0.6 is 15.9 Å². The van der Waals surface area contributed by atoms with Crippen molar-refractivity contribution in [3.63, 3.8) is 0 Å². The first-order valence-corrected chi connectivity index (χ1v) is 9.91. The molecule has 0 radical (unpaired) electrons. The van der Waals surface area contributed by atoms with Crippen LogP contribution in [0.4, 0.5) is 5.82 Å². The van der Waals surface area contributed by atoms with Gasteiger partial charge in [-0.2, -0.15) is 5.10 Å². The van der Waals surface area contributed by atoms with Crippen LogP contribution in [0, 0.1) is 0 Å². The number of aromatic nitrogens is 2. The summed E-state index contributed by atoms with van der Waals surface area (Å²) in [7, 11) is 0. The van der Waals surface area contributed by atoms with Gasteiger partial charge < -0.3 is 10.1 Å². The van der Waals surface area contributed by atoms with Gasteiger partial charge in [0.05, 0.1) is 12.3 Å². The Morgan fingerprint density at radius 2 is 1.92 bits per heavy atom. The second-order valence-electron chi connectivity index (χ2n) is 6.38. The van der Waals surface area contributed by atoms with Crippen molar-refractivity contribution in [3.8, 4) is 22.7 Å². The van der Waals surface area contributed by atoms with Crippen LogP contribution in [0.2, 0.25) is 0 Å². The van der Waals surface area contributed by atoms with Crippen molar-refractivity contribution in [1.29, 1.82) is 0 Å². The Kier molecular flexibility index (Phi) is 4.98. The zero-order valence-electron chi connectivity index (χ0n) is 14.8. The minimum atomic E-state index is 0.632. The molecular formula is C21H22BrN3O. The molecule has 26 heavy (non-hydrogen) atoms. The molecule has 0 saturated carbocycles. The zero-order valence-corrected chi connectivity index (χ0v) is 16.4. The number of hydrogen-bond donors (Lipinski definition) is 1. The van der Waals surface area contributed by atoms with E-state index in [1.54, 1.807) is 0 Å². The number of fused-ring (bicyclic) bond motifs is 1. The molecule has 5 heteroatoms. The number of benzene rings is 2. The van der Waals surface area contributed by atoms with Gasteiger partial charge in [0, 0.05) is 22.1 Å². The average molecular weight is 412 g/mol. The van der Waals surface area contributed by atoms with Crippen LogP contribution in [-0.4, -0.2) is 22.9 Å². The number of para-hydroxylation sites is 2. The second kappa shape index (κ2) is 7.54. The number of anilines is 1. The van der Waals surface area contributed by atoms with Crippen molar-refractivity contribution in [2.75, 3.05) is 18.5 Å². The summed E-state index contributed by atoms with van der Waals surface area (Å²) in [5.41, 5.74) is 4.45. The maximum absolute atomic E-state index is 5.85. The summed E-state index contributed by atoms with van der Waals surface area (Å²) in [6.45, 7) is 3.61. The lowest BCUT2D eigenvalue weighted by atomic mass is 10.0. The fourth-order valence-corrected chi connectivity index (χ4v) is 3.69. The van der Waals surface area contributed by atoms with Gasteiger partial charge in [0.1, 0.15) is 17.3 Å². The van der Waals surface area contributed by atoms with Gasteiger partial charge >= 0.3 is 0 Å². The highest BCUT2D eigenvalue weighted by Gasteiger charge is 2.23. The number of rotatable bonds is 4. The van der Waals surface area contributed by atoms with E-state index in [2.05, 4.69) is 51.6 Å². The molecule has 0 unspecified atom stereocenters. The van der Waals surface area contributed by atoms with Gasteiger partial charge in [0.2, 0.25) is 0 Å². The Bertz CT molecular complexity index is 902. The predicted octanol–water partition coefficient (Wildman–Crippen LogP) is 5.45. The van der Waals surface area contributed by atoms with E-state index in [-0.39, 0.29) is 0 Å². The first kappa shape index (κ1) is 17.2. The van der Waals surface area contributed by atoms with Gasteiger partial charge in [-0.25, -0.2) is 4.68 Å². The summed E-state index contributed by atoms with van der Waals surface area (Å²) >= 11 is 3.52. The van der Waals surface area contributed by atoms with E-state index in [1.165, 1.54) is 18.4 Å². The molecule has 0 saturated heterocycles. The second-order valence-corrected chi connectivity index (χ2v) is 7.29. The van der Waals surface area contributed by atoms with Crippen LogP contribution in [0.25, 0.3) is 16.9 Å². The van der Waals surface area contributed by atoms with Crippen LogP contribution in [0.1, 0.15) is 25.3 Å². The minimum absolute atomic E-state index is 0.632. The van der Waals surface area contributed by atoms with Crippen molar-refractivity contribution in [3.05, 3.63) is 58.6 Å². The molecule has 1 aliphatic heterocycles. The maximum atomic E-state index is 5.85. The molecule has 3 aromatic rings. The topological polar surface area (TPSA) is 39.1 Å². The molecule has 0 fully saturated rings. The SMILES string of the molecule is CCOc1ccccc1-n1nc(-c2ccc(Br)cc2)c2c1NCCCC2. The van der Waals surface area contributed by atoms with E-state index < -0.39 is 0 Å². The lowest BCUT2D eigenvalue weighted by Gasteiger charge is -2.13. The molecule has 4 rings (SSSR count). The molecule has 0 spiro atoms. The molecule has 0 atom stereocenters. The van der Waals surface area contributed by atoms with Crippen molar-refractivity contribution in [2.45, 2.75) is 26.2 Å². The van der Waals surface area contributed by atoms with Crippen molar-refractivity contribution < 1.29 is 4.74 Å². The molecule has 2 aromatic carbocycles. The third-order valence-corrected chi connectivity index (χ3v) is 5.17. The lowest BCUT2D eigenvalue weighted by Crippen LogP contribution is -2.08. The molecule has 0 aliphatic carbocycles. The minimum Gasteiger partial charge on any atom is -0.492 e. The molecule has 1 aliphatic rings. The Hall–Kier alpha value is -2.27. The number of hydrogen-bond acceptors (Lipinski definition) is 3. The molecule has 1 aromatic heterocycles. The fourth-order valence-electron chi connectivity index (χ4n) is 3.43. The number of ether oxygens (including phenoxy) is 1. The van der Waals surface area contributed by atoms with Crippen molar-refractivity contribution in [2.24, 2.45) is 0 Å². The Morgan fingerprint density at radius 3 is 2.73 bits per heavy atom. The Labute approximate surface area is 162 Å². The van der Waals surface area contributed by atoms with Crippen LogP contribution in [0.3, 0.4) is 0 Å². The van der Waals surface area contributed by atoms with Gasteiger partial charge in [0.15, 0.2) is 0 Å². The molecule has 4 nitrogen and oxygen atoms in total. The average Bonchev–Trinajstić information content (AvgIpc) is 2.85. The van der Waals surface area contributed by atoms with Gasteiger partial charge in [-0.1, -0.05) is 40.2 Å². The summed E-state index contributed by atoms with van der Waals surface area (Å²) < 4.78 is 8.94. The van der Waals surface area contributed by atoms with Gasteiger partial charge in [-0.15, -0.1) is 0 Å². The third-order valence-electron chi connectivity index (χ3n) is 4.64. The highest BCUT2D eigenvalue weighted by Crippen LogP contribution is 2.36. The molecule has 0 bridgehead atoms. The quantitative estimate of drug-likeness (QED) is 0.620. The Morgan fingerprint density at radius 1 is 1.12 bits per heavy atom. The fraction of sp³-hybridized carbons (Fsp3) is 0.286. The summed E-state index contributed by atoms with van der Waals surface area (Å²) in [6, 6.07) is 16.5. The van der Waals surface area contributed by atoms with Crippen molar-refractivity contribution >= 4 is 21.7 Å². The molecule has 0 amide bonds. The maximum Gasteiger partial charge on any atom is 0.145 e. The van der Waals surface area contributed by atoms with E-state index in [9.17, 15) is 0 Å². The highest BCUT2D eigenvalue weighted by molar-refractivity contribution is 9.10. The van der Waals surface area contributed by atoms with Crippen molar-refractivity contribution in [1.82, 2.24) is 9.78 Å². The van der Waals surface area contributed by atoms with Gasteiger partial charge in [-0.05, 0) is 50.5 Å². The largest absolute Gasteiger partial charge is 0.492 e. The van der Waals surface area contributed by atoms with Crippen LogP contribution < -0.4 is 10.1 Å². The molecule has 134 valence electrons. The predicted molar refractivity (Wildman–Crippen MR) is 109 cm³/mol.